The first-order valence-electron chi connectivity index (χ1n) is 6.70. The molecule has 0 radical (unpaired) electrons. The van der Waals surface area contributed by atoms with Crippen molar-refractivity contribution in [3.8, 4) is 0 Å². The summed E-state index contributed by atoms with van der Waals surface area (Å²) in [7, 11) is 0. The maximum Gasteiger partial charge on any atom is 0.193 e. The van der Waals surface area contributed by atoms with Crippen LogP contribution in [0.2, 0.25) is 0 Å². The Hall–Kier alpha value is -2.88. The number of aromatic amines is 1. The number of carbonyl (C=O) groups excluding carboxylic acids is 1. The molecule has 0 unspecified atom stereocenters. The van der Waals surface area contributed by atoms with Gasteiger partial charge in [-0.25, -0.2) is 0 Å². The smallest absolute Gasteiger partial charge is 0.193 e. The van der Waals surface area contributed by atoms with Crippen molar-refractivity contribution in [3.63, 3.8) is 0 Å². The molecule has 4 rings (SSSR count). The van der Waals surface area contributed by atoms with Gasteiger partial charge in [0, 0.05) is 17.3 Å². The predicted molar refractivity (Wildman–Crippen MR) is 82.1 cm³/mol. The van der Waals surface area contributed by atoms with Crippen LogP contribution in [0.5, 0.6) is 0 Å². The van der Waals surface area contributed by atoms with Gasteiger partial charge in [-0.3, -0.25) is 9.89 Å². The van der Waals surface area contributed by atoms with E-state index >= 15 is 0 Å². The van der Waals surface area contributed by atoms with E-state index < -0.39 is 0 Å². The minimum absolute atomic E-state index is 0.160. The molecule has 0 fully saturated rings. The quantitative estimate of drug-likeness (QED) is 0.519. The van der Waals surface area contributed by atoms with Crippen molar-refractivity contribution in [2.24, 2.45) is 0 Å². The van der Waals surface area contributed by atoms with Crippen LogP contribution in [0, 0.1) is 0 Å². The number of ketones is 1. The number of hydrogen-bond donors (Lipinski definition) is 2. The van der Waals surface area contributed by atoms with Crippen molar-refractivity contribution in [3.05, 3.63) is 83.2 Å². The van der Waals surface area contributed by atoms with Crippen molar-refractivity contribution in [2.75, 3.05) is 5.73 Å². The van der Waals surface area contributed by atoms with Gasteiger partial charge in [-0.05, 0) is 17.5 Å². The SMILES string of the molecule is Nc1cn[nH]c1.O=C1c2ccccc2Cc2ccccc21. The normalized spacial score (nSPS) is 11.9. The maximum atomic E-state index is 12.1. The Morgan fingerprint density at radius 1 is 0.952 bits per heavy atom. The monoisotopic (exact) mass is 277 g/mol. The molecule has 0 saturated carbocycles. The number of carbonyl (C=O) groups is 1. The van der Waals surface area contributed by atoms with Crippen LogP contribution in [-0.2, 0) is 6.42 Å². The third kappa shape index (κ3) is 2.69. The number of fused-ring (bicyclic) bond motifs is 2. The van der Waals surface area contributed by atoms with Crippen molar-refractivity contribution < 1.29 is 4.79 Å². The fraction of sp³-hybridized carbons (Fsp3) is 0.0588. The van der Waals surface area contributed by atoms with Crippen LogP contribution >= 0.6 is 0 Å². The first-order valence-corrected chi connectivity index (χ1v) is 6.70. The lowest BCUT2D eigenvalue weighted by Crippen LogP contribution is -2.14. The van der Waals surface area contributed by atoms with Gasteiger partial charge >= 0.3 is 0 Å². The van der Waals surface area contributed by atoms with Crippen molar-refractivity contribution in [2.45, 2.75) is 6.42 Å². The van der Waals surface area contributed by atoms with Gasteiger partial charge in [0.05, 0.1) is 11.9 Å². The number of nitrogens with one attached hydrogen (secondary N) is 1. The summed E-state index contributed by atoms with van der Waals surface area (Å²) < 4.78 is 0. The van der Waals surface area contributed by atoms with E-state index in [1.54, 1.807) is 12.4 Å². The van der Waals surface area contributed by atoms with E-state index in [1.807, 2.05) is 48.5 Å². The molecule has 1 aliphatic carbocycles. The number of nitrogen functional groups attached to an aromatic ring is 1. The Morgan fingerprint density at radius 2 is 1.52 bits per heavy atom. The summed E-state index contributed by atoms with van der Waals surface area (Å²) >= 11 is 0. The van der Waals surface area contributed by atoms with E-state index in [1.165, 1.54) is 0 Å². The van der Waals surface area contributed by atoms with Crippen LogP contribution in [0.15, 0.2) is 60.9 Å². The third-order valence-electron chi connectivity index (χ3n) is 3.42. The first-order chi connectivity index (χ1) is 10.3. The van der Waals surface area contributed by atoms with E-state index in [9.17, 15) is 4.79 Å². The van der Waals surface area contributed by atoms with Crippen LogP contribution < -0.4 is 5.73 Å². The number of aromatic nitrogens is 2. The van der Waals surface area contributed by atoms with Crippen molar-refractivity contribution in [1.82, 2.24) is 10.2 Å². The van der Waals surface area contributed by atoms with E-state index in [4.69, 9.17) is 5.73 Å². The Morgan fingerprint density at radius 3 is 1.95 bits per heavy atom. The molecule has 3 N–H and O–H groups in total. The number of rotatable bonds is 0. The predicted octanol–water partition coefficient (Wildman–Crippen LogP) is 2.81. The summed E-state index contributed by atoms with van der Waals surface area (Å²) in [5, 5.41) is 6.13. The molecule has 3 aromatic rings. The number of anilines is 1. The number of benzene rings is 2. The number of H-pyrrole nitrogens is 1. The second-order valence-electron chi connectivity index (χ2n) is 4.85. The van der Waals surface area contributed by atoms with Crippen LogP contribution in [0.3, 0.4) is 0 Å². The highest BCUT2D eigenvalue weighted by atomic mass is 16.1. The molecule has 4 nitrogen and oxygen atoms in total. The molecular formula is C17H15N3O. The van der Waals surface area contributed by atoms with Gasteiger partial charge in [0.2, 0.25) is 0 Å². The molecule has 104 valence electrons. The zero-order valence-corrected chi connectivity index (χ0v) is 11.4. The molecule has 21 heavy (non-hydrogen) atoms. The van der Waals surface area contributed by atoms with E-state index in [0.717, 1.165) is 28.7 Å². The lowest BCUT2D eigenvalue weighted by Gasteiger charge is -2.17. The topological polar surface area (TPSA) is 71.8 Å². The van der Waals surface area contributed by atoms with E-state index in [2.05, 4.69) is 10.2 Å². The lowest BCUT2D eigenvalue weighted by molar-refractivity contribution is 0.103. The van der Waals surface area contributed by atoms with Crippen LogP contribution in [0.1, 0.15) is 27.0 Å². The highest BCUT2D eigenvalue weighted by Crippen LogP contribution is 2.26. The maximum absolute atomic E-state index is 12.1. The number of hydrogen-bond acceptors (Lipinski definition) is 3. The van der Waals surface area contributed by atoms with Gasteiger partial charge in [0.1, 0.15) is 0 Å². The average Bonchev–Trinajstić information content (AvgIpc) is 2.99. The average molecular weight is 277 g/mol. The molecule has 1 aromatic heterocycles. The Bertz CT molecular complexity index is 716. The number of nitrogens with two attached hydrogens (primary N) is 1. The molecule has 0 amide bonds. The molecule has 0 aliphatic heterocycles. The van der Waals surface area contributed by atoms with Gasteiger partial charge in [0.25, 0.3) is 0 Å². The fourth-order valence-electron chi connectivity index (χ4n) is 2.40. The Kier molecular flexibility index (Phi) is 3.51. The molecule has 0 saturated heterocycles. The second-order valence-corrected chi connectivity index (χ2v) is 4.85. The summed E-state index contributed by atoms with van der Waals surface area (Å²) in [5.74, 6) is 0.160. The summed E-state index contributed by atoms with van der Waals surface area (Å²) in [4.78, 5) is 12.1. The molecule has 0 bridgehead atoms. The molecule has 2 aromatic carbocycles. The molecule has 1 aliphatic rings. The van der Waals surface area contributed by atoms with Crippen LogP contribution in [0.4, 0.5) is 5.69 Å². The van der Waals surface area contributed by atoms with Gasteiger partial charge in [-0.2, -0.15) is 5.10 Å². The zero-order valence-electron chi connectivity index (χ0n) is 11.4. The molecular weight excluding hydrogens is 262 g/mol. The van der Waals surface area contributed by atoms with Gasteiger partial charge in [-0.1, -0.05) is 48.5 Å². The van der Waals surface area contributed by atoms with Gasteiger partial charge in [-0.15, -0.1) is 0 Å². The summed E-state index contributed by atoms with van der Waals surface area (Å²) in [6.07, 6.45) is 4.05. The highest BCUT2D eigenvalue weighted by Gasteiger charge is 2.21. The number of nitrogens with zero attached hydrogens (tertiary/aromatic N) is 1. The fourth-order valence-corrected chi connectivity index (χ4v) is 2.40. The second kappa shape index (κ2) is 5.63. The van der Waals surface area contributed by atoms with Gasteiger partial charge in [0.15, 0.2) is 5.78 Å². The Labute approximate surface area is 122 Å². The highest BCUT2D eigenvalue weighted by molar-refractivity contribution is 6.12. The van der Waals surface area contributed by atoms with Crippen LogP contribution in [-0.4, -0.2) is 16.0 Å². The Balaban J connectivity index is 0.000000186. The third-order valence-corrected chi connectivity index (χ3v) is 3.42. The standard InChI is InChI=1S/C14H10O.C3H5N3/c15-14-12-7-3-1-5-10(12)9-11-6-2-4-8-13(11)14;4-3-1-5-6-2-3/h1-8H,9H2;1-2H,4H2,(H,5,6). The van der Waals surface area contributed by atoms with Gasteiger partial charge < -0.3 is 5.73 Å². The summed E-state index contributed by atoms with van der Waals surface area (Å²) in [6.45, 7) is 0. The minimum Gasteiger partial charge on any atom is -0.396 e. The lowest BCUT2D eigenvalue weighted by atomic mass is 9.85. The summed E-state index contributed by atoms with van der Waals surface area (Å²) in [6, 6.07) is 15.7. The largest absolute Gasteiger partial charge is 0.396 e. The van der Waals surface area contributed by atoms with E-state index in [-0.39, 0.29) is 5.78 Å². The molecule has 0 atom stereocenters. The minimum atomic E-state index is 0.160. The first kappa shape index (κ1) is 13.1. The summed E-state index contributed by atoms with van der Waals surface area (Å²) in [5.41, 5.74) is 9.86. The van der Waals surface area contributed by atoms with Crippen molar-refractivity contribution in [1.29, 1.82) is 0 Å². The molecule has 1 heterocycles. The zero-order chi connectivity index (χ0) is 14.7. The van der Waals surface area contributed by atoms with E-state index in [0.29, 0.717) is 5.69 Å². The van der Waals surface area contributed by atoms with Crippen molar-refractivity contribution >= 4 is 11.5 Å². The molecule has 0 spiro atoms. The van der Waals surface area contributed by atoms with Crippen LogP contribution in [0.25, 0.3) is 0 Å². The molecule has 4 heteroatoms.